The lowest BCUT2D eigenvalue weighted by atomic mass is 10.1. The highest BCUT2D eigenvalue weighted by Gasteiger charge is 2.55. The Balaban J connectivity index is 1.35. The average Bonchev–Trinajstić information content (AvgIpc) is 3.33. The lowest BCUT2D eigenvalue weighted by Crippen LogP contribution is -2.47. The number of fused-ring (bicyclic) bond motifs is 3. The summed E-state index contributed by atoms with van der Waals surface area (Å²) in [4.78, 5) is 25.4. The van der Waals surface area contributed by atoms with Gasteiger partial charge in [-0.05, 0) is 41.5 Å². The van der Waals surface area contributed by atoms with E-state index in [2.05, 4.69) is 29.3 Å². The molecule has 5 heteroatoms. The van der Waals surface area contributed by atoms with Gasteiger partial charge in [0, 0.05) is 19.7 Å². The summed E-state index contributed by atoms with van der Waals surface area (Å²) in [5.41, 5.74) is 2.40. The first-order valence-corrected chi connectivity index (χ1v) is 9.12. The molecular weight excluding hydrogens is 326 g/mol. The van der Waals surface area contributed by atoms with E-state index in [1.54, 1.807) is 11.1 Å². The summed E-state index contributed by atoms with van der Waals surface area (Å²) in [6.45, 7) is 0.652. The Morgan fingerprint density at radius 3 is 2.88 bits per heavy atom. The fourth-order valence-electron chi connectivity index (χ4n) is 4.21. The fourth-order valence-corrected chi connectivity index (χ4v) is 4.21. The minimum absolute atomic E-state index is 0.0734. The number of carbonyl (C=O) groups excluding carboxylic acids is 1. The second kappa shape index (κ2) is 5.95. The molecule has 3 aliphatic rings. The number of hydroxylamine groups is 2. The van der Waals surface area contributed by atoms with E-state index in [4.69, 9.17) is 4.84 Å². The number of aromatic nitrogens is 1. The van der Waals surface area contributed by atoms with Crippen molar-refractivity contribution in [3.63, 3.8) is 0 Å². The molecule has 1 aromatic carbocycles. The van der Waals surface area contributed by atoms with Crippen LogP contribution >= 0.6 is 0 Å². The van der Waals surface area contributed by atoms with Gasteiger partial charge in [0.15, 0.2) is 0 Å². The second-order valence-electron chi connectivity index (χ2n) is 7.29. The molecule has 0 N–H and O–H groups in total. The topological polar surface area (TPSA) is 45.7 Å². The maximum Gasteiger partial charge on any atom is 0.249 e. The van der Waals surface area contributed by atoms with Crippen LogP contribution in [0.2, 0.25) is 0 Å². The van der Waals surface area contributed by atoms with E-state index in [0.29, 0.717) is 18.4 Å². The number of hydrogen-bond acceptors (Lipinski definition) is 4. The van der Waals surface area contributed by atoms with Gasteiger partial charge >= 0.3 is 0 Å². The van der Waals surface area contributed by atoms with Gasteiger partial charge in [0.05, 0.1) is 6.54 Å². The highest BCUT2D eigenvalue weighted by molar-refractivity contribution is 5.98. The van der Waals surface area contributed by atoms with Crippen molar-refractivity contribution in [2.24, 2.45) is 5.92 Å². The standard InChI is InChI=1S/C21H21N3O2/c1-23-20-16(8-5-10-22-20)17-13-18(17)19(21(23)25)24-11-9-15(26-24)12-14-6-3-2-4-7-14/h2-10,17-19H,11-13H2,1H3/t17-,18-,19-/m1/s1. The predicted octanol–water partition coefficient (Wildman–Crippen LogP) is 2.90. The van der Waals surface area contributed by atoms with Crippen LogP contribution in [0.15, 0.2) is 60.5 Å². The van der Waals surface area contributed by atoms with Crippen LogP contribution in [0, 0.1) is 5.92 Å². The van der Waals surface area contributed by atoms with Gasteiger partial charge in [0.1, 0.15) is 17.6 Å². The van der Waals surface area contributed by atoms with Crippen LogP contribution in [0.3, 0.4) is 0 Å². The van der Waals surface area contributed by atoms with E-state index in [0.717, 1.165) is 24.4 Å². The monoisotopic (exact) mass is 347 g/mol. The normalized spacial score (nSPS) is 27.3. The van der Waals surface area contributed by atoms with Gasteiger partial charge in [-0.3, -0.25) is 9.69 Å². The molecule has 3 heterocycles. The molecule has 0 saturated heterocycles. The van der Waals surface area contributed by atoms with Crippen LogP contribution in [0.4, 0.5) is 5.82 Å². The van der Waals surface area contributed by atoms with Crippen molar-refractivity contribution in [1.82, 2.24) is 10.0 Å². The molecule has 132 valence electrons. The molecule has 5 nitrogen and oxygen atoms in total. The Kier molecular flexibility index (Phi) is 3.57. The molecule has 1 fully saturated rings. The van der Waals surface area contributed by atoms with Gasteiger partial charge in [-0.1, -0.05) is 36.4 Å². The van der Waals surface area contributed by atoms with E-state index in [9.17, 15) is 4.79 Å². The SMILES string of the molecule is CN1C(=O)[C@H](N2CC=C(Cc3ccccc3)O2)[C@@H]2C[C@@H]2c2cccnc21. The maximum absolute atomic E-state index is 13.1. The molecule has 0 radical (unpaired) electrons. The highest BCUT2D eigenvalue weighted by atomic mass is 16.7. The van der Waals surface area contributed by atoms with Crippen molar-refractivity contribution in [2.45, 2.75) is 24.8 Å². The summed E-state index contributed by atoms with van der Waals surface area (Å²) in [7, 11) is 1.82. The van der Waals surface area contributed by atoms with Crippen molar-refractivity contribution in [3.8, 4) is 0 Å². The number of carbonyl (C=O) groups is 1. The third kappa shape index (κ3) is 2.51. The number of hydrogen-bond donors (Lipinski definition) is 0. The first-order chi connectivity index (χ1) is 12.7. The summed E-state index contributed by atoms with van der Waals surface area (Å²) in [6, 6.07) is 14.1. The molecule has 1 saturated carbocycles. The zero-order valence-corrected chi connectivity index (χ0v) is 14.7. The molecule has 1 aliphatic carbocycles. The highest BCUT2D eigenvalue weighted by Crippen LogP contribution is 2.55. The number of rotatable bonds is 3. The first-order valence-electron chi connectivity index (χ1n) is 9.12. The summed E-state index contributed by atoms with van der Waals surface area (Å²) in [5, 5.41) is 1.87. The van der Waals surface area contributed by atoms with E-state index in [-0.39, 0.29) is 11.9 Å². The van der Waals surface area contributed by atoms with Crippen LogP contribution < -0.4 is 4.90 Å². The molecule has 0 spiro atoms. The van der Waals surface area contributed by atoms with E-state index >= 15 is 0 Å². The summed E-state index contributed by atoms with van der Waals surface area (Å²) in [5.74, 6) is 2.50. The Labute approximate surface area is 152 Å². The minimum Gasteiger partial charge on any atom is -0.409 e. The third-order valence-electron chi connectivity index (χ3n) is 5.63. The molecule has 1 amide bonds. The molecule has 26 heavy (non-hydrogen) atoms. The van der Waals surface area contributed by atoms with Gasteiger partial charge in [0.2, 0.25) is 5.91 Å². The molecule has 0 unspecified atom stereocenters. The van der Waals surface area contributed by atoms with Crippen molar-refractivity contribution in [1.29, 1.82) is 0 Å². The van der Waals surface area contributed by atoms with Gasteiger partial charge < -0.3 is 4.84 Å². The van der Waals surface area contributed by atoms with Gasteiger partial charge in [0.25, 0.3) is 0 Å². The van der Waals surface area contributed by atoms with Crippen molar-refractivity contribution in [3.05, 3.63) is 71.6 Å². The van der Waals surface area contributed by atoms with Crippen molar-refractivity contribution in [2.75, 3.05) is 18.5 Å². The molecule has 5 rings (SSSR count). The lowest BCUT2D eigenvalue weighted by molar-refractivity contribution is -0.155. The van der Waals surface area contributed by atoms with Crippen molar-refractivity contribution < 1.29 is 9.63 Å². The lowest BCUT2D eigenvalue weighted by Gasteiger charge is -2.28. The average molecular weight is 347 g/mol. The summed E-state index contributed by atoms with van der Waals surface area (Å²) < 4.78 is 0. The van der Waals surface area contributed by atoms with E-state index < -0.39 is 0 Å². The molecule has 3 atom stereocenters. The number of anilines is 1. The van der Waals surface area contributed by atoms with Crippen LogP contribution in [-0.2, 0) is 16.1 Å². The van der Waals surface area contributed by atoms with Gasteiger partial charge in [-0.25, -0.2) is 4.98 Å². The van der Waals surface area contributed by atoms with Crippen molar-refractivity contribution >= 4 is 11.7 Å². The molecule has 0 bridgehead atoms. The maximum atomic E-state index is 13.1. The number of pyridine rings is 1. The van der Waals surface area contributed by atoms with E-state index in [1.165, 1.54) is 11.1 Å². The Morgan fingerprint density at radius 1 is 1.19 bits per heavy atom. The largest absolute Gasteiger partial charge is 0.409 e. The smallest absolute Gasteiger partial charge is 0.249 e. The quantitative estimate of drug-likeness (QED) is 0.856. The predicted molar refractivity (Wildman–Crippen MR) is 98.3 cm³/mol. The Bertz CT molecular complexity index is 880. The molecule has 1 aromatic heterocycles. The second-order valence-corrected chi connectivity index (χ2v) is 7.29. The Morgan fingerprint density at radius 2 is 2.04 bits per heavy atom. The first kappa shape index (κ1) is 15.6. The zero-order chi connectivity index (χ0) is 17.7. The van der Waals surface area contributed by atoms with Crippen LogP contribution in [0.5, 0.6) is 0 Å². The fraction of sp³-hybridized carbons (Fsp3) is 0.333. The molecular formula is C21H21N3O2. The van der Waals surface area contributed by atoms with E-state index in [1.807, 2.05) is 36.4 Å². The van der Waals surface area contributed by atoms with Gasteiger partial charge in [-0.15, -0.1) is 5.06 Å². The van der Waals surface area contributed by atoms with Crippen LogP contribution in [-0.4, -0.2) is 35.6 Å². The van der Waals surface area contributed by atoms with Crippen LogP contribution in [0.25, 0.3) is 0 Å². The number of amides is 1. The van der Waals surface area contributed by atoms with Crippen LogP contribution in [0.1, 0.15) is 23.5 Å². The van der Waals surface area contributed by atoms with Gasteiger partial charge in [-0.2, -0.15) is 0 Å². The number of benzene rings is 1. The third-order valence-corrected chi connectivity index (χ3v) is 5.63. The molecule has 2 aliphatic heterocycles. The minimum atomic E-state index is -0.247. The summed E-state index contributed by atoms with van der Waals surface area (Å²) >= 11 is 0. The molecule has 2 aromatic rings. The number of likely N-dealkylation sites (N-methyl/N-ethyl adjacent to an activating group) is 1. The number of nitrogens with zero attached hydrogens (tertiary/aromatic N) is 3. The Hall–Kier alpha value is -2.66. The zero-order valence-electron chi connectivity index (χ0n) is 14.7. The summed E-state index contributed by atoms with van der Waals surface area (Å²) in [6.07, 6.45) is 5.63. The number of allylic oxidation sites excluding steroid dienone is 1.